The van der Waals surface area contributed by atoms with Crippen LogP contribution in [0, 0.1) is 23.7 Å². The normalized spacial score (nSPS) is 17.9. The van der Waals surface area contributed by atoms with Crippen molar-refractivity contribution in [2.75, 3.05) is 54.6 Å². The maximum Gasteiger partial charge on any atom is 0.328 e. The van der Waals surface area contributed by atoms with Gasteiger partial charge in [-0.2, -0.15) is 0 Å². The van der Waals surface area contributed by atoms with Crippen LogP contribution >= 0.6 is 0 Å². The van der Waals surface area contributed by atoms with Gasteiger partial charge in [0.2, 0.25) is 35.4 Å². The second-order valence-corrected chi connectivity index (χ2v) is 18.2. The summed E-state index contributed by atoms with van der Waals surface area (Å²) >= 11 is 0. The third kappa shape index (κ3) is 17.2. The Kier molecular flexibility index (Phi) is 25.4. The molecule has 0 bridgehead atoms. The lowest BCUT2D eigenvalue weighted by Gasteiger charge is -2.41. The van der Waals surface area contributed by atoms with Crippen LogP contribution < -0.4 is 32.3 Å². The van der Waals surface area contributed by atoms with E-state index in [1.807, 2.05) is 71.9 Å². The number of nitrogens with two attached hydrogens (primary N) is 1. The van der Waals surface area contributed by atoms with Gasteiger partial charge < -0.3 is 56.3 Å². The van der Waals surface area contributed by atoms with Crippen LogP contribution in [0.3, 0.4) is 0 Å². The fourth-order valence-corrected chi connectivity index (χ4v) is 8.62. The highest BCUT2D eigenvalue weighted by atomic mass is 16.5. The molecule has 1 aliphatic heterocycles. The molecule has 0 radical (unpaired) electrons. The predicted octanol–water partition coefficient (Wildman–Crippen LogP) is 1.92. The molecule has 0 saturated carbocycles. The number of carbonyl (C=O) groups is 7. The Hall–Kier alpha value is -4.65. The van der Waals surface area contributed by atoms with Gasteiger partial charge in [-0.3, -0.25) is 28.8 Å². The molecule has 7 N–H and O–H groups in total. The quantitative estimate of drug-likeness (QED) is 0.0499. The number of carbonyl (C=O) groups excluding carboxylic acids is 7. The van der Waals surface area contributed by atoms with E-state index in [0.29, 0.717) is 32.2 Å². The number of hydrogen-bond acceptors (Lipinski definition) is 12. The van der Waals surface area contributed by atoms with E-state index in [0.717, 1.165) is 5.56 Å². The molecule has 1 aromatic carbocycles. The van der Waals surface area contributed by atoms with E-state index in [1.165, 1.54) is 21.1 Å². The Bertz CT molecular complexity index is 1700. The molecule has 18 nitrogen and oxygen atoms in total. The first-order valence-corrected chi connectivity index (χ1v) is 23.6. The molecule has 0 spiro atoms. The van der Waals surface area contributed by atoms with E-state index >= 15 is 0 Å². The van der Waals surface area contributed by atoms with Gasteiger partial charge in [-0.05, 0) is 56.6 Å². The van der Waals surface area contributed by atoms with Crippen LogP contribution in [0.2, 0.25) is 0 Å². The molecule has 18 heteroatoms. The molecular formula is C48H82N8O10. The highest BCUT2D eigenvalue weighted by molar-refractivity contribution is 5.91. The summed E-state index contributed by atoms with van der Waals surface area (Å²) in [7, 11) is 6.46. The Balaban J connectivity index is 2.21. The lowest BCUT2D eigenvalue weighted by Crippen LogP contribution is -2.59. The number of benzene rings is 1. The van der Waals surface area contributed by atoms with E-state index in [2.05, 4.69) is 26.6 Å². The van der Waals surface area contributed by atoms with Crippen molar-refractivity contribution >= 4 is 41.4 Å². The third-order valence-electron chi connectivity index (χ3n) is 12.6. The Morgan fingerprint density at radius 3 is 2.08 bits per heavy atom. The summed E-state index contributed by atoms with van der Waals surface area (Å²) < 4.78 is 17.3. The van der Waals surface area contributed by atoms with E-state index in [1.54, 1.807) is 30.8 Å². The zero-order valence-electron chi connectivity index (χ0n) is 41.6. The fourth-order valence-electron chi connectivity index (χ4n) is 8.62. The summed E-state index contributed by atoms with van der Waals surface area (Å²) in [6, 6.07) is 5.24. The van der Waals surface area contributed by atoms with Gasteiger partial charge in [0.1, 0.15) is 18.1 Å². The van der Waals surface area contributed by atoms with Crippen LogP contribution in [0.5, 0.6) is 0 Å². The van der Waals surface area contributed by atoms with Crippen molar-refractivity contribution in [2.45, 2.75) is 149 Å². The van der Waals surface area contributed by atoms with Gasteiger partial charge >= 0.3 is 5.97 Å². The highest BCUT2D eigenvalue weighted by Gasteiger charge is 2.43. The van der Waals surface area contributed by atoms with Crippen LogP contribution in [-0.4, -0.2) is 154 Å². The molecule has 0 aliphatic carbocycles. The molecular weight excluding hydrogens is 849 g/mol. The zero-order chi connectivity index (χ0) is 49.7. The van der Waals surface area contributed by atoms with Gasteiger partial charge in [0.15, 0.2) is 0 Å². The number of methoxy groups -OCH3 is 2. The van der Waals surface area contributed by atoms with Crippen molar-refractivity contribution in [3.63, 3.8) is 0 Å². The predicted molar refractivity (Wildman–Crippen MR) is 253 cm³/mol. The third-order valence-corrected chi connectivity index (χ3v) is 12.6. The Morgan fingerprint density at radius 2 is 1.52 bits per heavy atom. The van der Waals surface area contributed by atoms with E-state index < -0.39 is 72.2 Å². The summed E-state index contributed by atoms with van der Waals surface area (Å²) in [6.45, 7) is 15.7. The molecule has 0 aromatic heterocycles. The van der Waals surface area contributed by atoms with Crippen molar-refractivity contribution in [1.29, 1.82) is 0 Å². The van der Waals surface area contributed by atoms with Gasteiger partial charge in [0.25, 0.3) is 0 Å². The van der Waals surface area contributed by atoms with Crippen LogP contribution in [-0.2, 0) is 54.2 Å². The molecule has 66 heavy (non-hydrogen) atoms. The first-order chi connectivity index (χ1) is 31.3. The molecule has 374 valence electrons. The summed E-state index contributed by atoms with van der Waals surface area (Å²) in [5.41, 5.74) is 6.22. The van der Waals surface area contributed by atoms with Gasteiger partial charge in [-0.25, -0.2) is 4.79 Å². The van der Waals surface area contributed by atoms with Crippen molar-refractivity contribution < 1.29 is 47.8 Å². The monoisotopic (exact) mass is 931 g/mol. The molecule has 2 rings (SSSR count). The minimum atomic E-state index is -0.954. The summed E-state index contributed by atoms with van der Waals surface area (Å²) in [4.78, 5) is 97.1. The molecule has 6 amide bonds. The number of amides is 6. The molecule has 1 heterocycles. The molecule has 1 aliphatic rings. The fraction of sp³-hybridized carbons (Fsp3) is 0.729. The highest BCUT2D eigenvalue weighted by Crippen LogP contribution is 2.30. The molecule has 1 fully saturated rings. The van der Waals surface area contributed by atoms with Crippen molar-refractivity contribution in [3.05, 3.63) is 35.9 Å². The van der Waals surface area contributed by atoms with Gasteiger partial charge in [0, 0.05) is 53.7 Å². The largest absolute Gasteiger partial charge is 0.464 e. The molecule has 0 unspecified atom stereocenters. The van der Waals surface area contributed by atoms with E-state index in [9.17, 15) is 33.6 Å². The lowest BCUT2D eigenvalue weighted by atomic mass is 9.89. The first-order valence-electron chi connectivity index (χ1n) is 23.6. The number of esters is 1. The minimum Gasteiger partial charge on any atom is -0.464 e. The van der Waals surface area contributed by atoms with Gasteiger partial charge in [-0.1, -0.05) is 85.2 Å². The average molecular weight is 931 g/mol. The zero-order valence-corrected chi connectivity index (χ0v) is 41.6. The second kappa shape index (κ2) is 29.2. The number of nitrogens with zero attached hydrogens (tertiary/aromatic N) is 2. The molecule has 10 atom stereocenters. The SMILES string of the molecule is CC[C@H](C)[C@@H]([C@@H](CC(=O)N1CCC[C@H]1[C@H](OC)[C@@H](C)C(=O)N[C@@H](Cc1ccccc1)C(=O)NCCCOC(=O)[C@H](C)NC(=O)CCN)OC)N(C)C(=O)[C@@H](NC(=O)[C@@H](NC)C(C)C)C(C)C. The van der Waals surface area contributed by atoms with Crippen LogP contribution in [0.4, 0.5) is 0 Å². The van der Waals surface area contributed by atoms with Gasteiger partial charge in [0.05, 0.1) is 49.3 Å². The number of rotatable bonds is 29. The topological polar surface area (TPSA) is 240 Å². The number of ether oxygens (including phenoxy) is 3. The number of hydrogen-bond donors (Lipinski definition) is 6. The number of nitrogens with one attached hydrogen (secondary N) is 5. The van der Waals surface area contributed by atoms with Crippen molar-refractivity contribution in [3.8, 4) is 0 Å². The summed E-state index contributed by atoms with van der Waals surface area (Å²) in [5, 5.41) is 14.3. The smallest absolute Gasteiger partial charge is 0.328 e. The first kappa shape index (κ1) is 57.5. The van der Waals surface area contributed by atoms with Crippen LogP contribution in [0.15, 0.2) is 30.3 Å². The molecule has 1 saturated heterocycles. The van der Waals surface area contributed by atoms with Crippen molar-refractivity contribution in [1.82, 2.24) is 36.4 Å². The van der Waals surface area contributed by atoms with E-state index in [-0.39, 0.29) is 80.3 Å². The number of likely N-dealkylation sites (N-methyl/N-ethyl adjacent to an activating group) is 2. The summed E-state index contributed by atoms with van der Waals surface area (Å²) in [6.07, 6.45) is 1.13. The molecule has 1 aromatic rings. The number of likely N-dealkylation sites (tertiary alicyclic amines) is 1. The second-order valence-electron chi connectivity index (χ2n) is 18.2. The Labute approximate surface area is 393 Å². The standard InChI is InChI=1S/C48H82N8O10/c1-13-31(6)42(55(10)47(62)41(30(4)5)54-46(61)40(50-9)29(2)3)37(64-11)28-39(58)56-25-17-21-36(56)43(65-12)32(7)44(59)53-35(27-34-19-15-14-16-20-34)45(60)51-24-18-26-66-48(63)33(8)52-38(57)22-23-49/h14-16,19-20,29-33,35-37,40-43,50H,13,17-18,21-28,49H2,1-12H3,(H,51,60)(H,52,57)(H,53,59)(H,54,61)/t31-,32+,33-,35-,36-,37+,40-,41-,42-,43+/m0/s1. The van der Waals surface area contributed by atoms with E-state index in [4.69, 9.17) is 19.9 Å². The van der Waals surface area contributed by atoms with Crippen LogP contribution in [0.1, 0.15) is 99.5 Å². The summed E-state index contributed by atoms with van der Waals surface area (Å²) in [5.74, 6) is -3.60. The minimum absolute atomic E-state index is 0.00169. The lowest BCUT2D eigenvalue weighted by molar-refractivity contribution is -0.148. The van der Waals surface area contributed by atoms with Crippen LogP contribution in [0.25, 0.3) is 0 Å². The van der Waals surface area contributed by atoms with Crippen molar-refractivity contribution in [2.24, 2.45) is 29.4 Å². The maximum absolute atomic E-state index is 14.4. The average Bonchev–Trinajstić information content (AvgIpc) is 3.77. The van der Waals surface area contributed by atoms with Gasteiger partial charge in [-0.15, -0.1) is 0 Å². The maximum atomic E-state index is 14.4. The Morgan fingerprint density at radius 1 is 0.864 bits per heavy atom.